The molecule has 7 heteroatoms. The Bertz CT molecular complexity index is 825. The summed E-state index contributed by atoms with van der Waals surface area (Å²) in [5.74, 6) is 3.12. The molecule has 0 aliphatic heterocycles. The molecule has 1 saturated carbocycles. The Morgan fingerprint density at radius 1 is 1.18 bits per heavy atom. The van der Waals surface area contributed by atoms with Gasteiger partial charge >= 0.3 is 0 Å². The summed E-state index contributed by atoms with van der Waals surface area (Å²) in [5.41, 5.74) is 0.516. The summed E-state index contributed by atoms with van der Waals surface area (Å²) >= 11 is 0. The number of nitrogens with one attached hydrogen (secondary N) is 1. The summed E-state index contributed by atoms with van der Waals surface area (Å²) in [5, 5.41) is 7.52. The van der Waals surface area contributed by atoms with Gasteiger partial charge in [-0.25, -0.2) is 4.98 Å². The van der Waals surface area contributed by atoms with Gasteiger partial charge in [-0.05, 0) is 50.8 Å². The number of hydrogen-bond acceptors (Lipinski definition) is 5. The van der Waals surface area contributed by atoms with Gasteiger partial charge in [-0.3, -0.25) is 9.48 Å². The number of hydrogen-bond donors (Lipinski definition) is 1. The van der Waals surface area contributed by atoms with Crippen LogP contribution in [0.1, 0.15) is 49.3 Å². The van der Waals surface area contributed by atoms with Gasteiger partial charge in [-0.15, -0.1) is 0 Å². The average molecular weight is 386 g/mol. The number of rotatable bonds is 8. The summed E-state index contributed by atoms with van der Waals surface area (Å²) in [6.07, 6.45) is 4.64. The number of carbonyl (C=O) groups excluding carboxylic acids is 1. The predicted octanol–water partition coefficient (Wildman–Crippen LogP) is 2.93. The smallest absolute Gasteiger partial charge is 0.230 e. The molecule has 0 atom stereocenters. The molecule has 1 amide bonds. The van der Waals surface area contributed by atoms with E-state index >= 15 is 0 Å². The van der Waals surface area contributed by atoms with E-state index in [4.69, 9.17) is 9.47 Å². The maximum absolute atomic E-state index is 13.2. The van der Waals surface area contributed by atoms with Crippen LogP contribution in [0.2, 0.25) is 0 Å². The van der Waals surface area contributed by atoms with Crippen molar-refractivity contribution in [2.75, 3.05) is 20.8 Å². The third kappa shape index (κ3) is 3.98. The quantitative estimate of drug-likeness (QED) is 0.706. The minimum atomic E-state index is -0.487. The molecule has 0 saturated heterocycles. The molecule has 1 aromatic carbocycles. The standard InChI is InChI=1S/C21H30N4O3/c1-15-23-16(2)25(24-15)13-7-12-22-20(26)21(10-5-6-11-21)17-8-9-18(27-3)19(14-17)28-4/h8-9,14H,5-7,10-13H2,1-4H3,(H,22,26). The van der Waals surface area contributed by atoms with Crippen LogP contribution in [-0.2, 0) is 16.8 Å². The summed E-state index contributed by atoms with van der Waals surface area (Å²) in [7, 11) is 3.24. The first-order valence-electron chi connectivity index (χ1n) is 9.89. The zero-order valence-electron chi connectivity index (χ0n) is 17.2. The maximum Gasteiger partial charge on any atom is 0.230 e. The topological polar surface area (TPSA) is 78.3 Å². The third-order valence-corrected chi connectivity index (χ3v) is 5.62. The van der Waals surface area contributed by atoms with Gasteiger partial charge in [0, 0.05) is 13.1 Å². The van der Waals surface area contributed by atoms with E-state index in [-0.39, 0.29) is 5.91 Å². The first kappa shape index (κ1) is 20.2. The van der Waals surface area contributed by atoms with Crippen molar-refractivity contribution in [2.24, 2.45) is 0 Å². The van der Waals surface area contributed by atoms with Crippen molar-refractivity contribution >= 4 is 5.91 Å². The Morgan fingerprint density at radius 2 is 1.89 bits per heavy atom. The van der Waals surface area contributed by atoms with Crippen LogP contribution in [0.3, 0.4) is 0 Å². The van der Waals surface area contributed by atoms with Gasteiger partial charge in [0.15, 0.2) is 11.5 Å². The first-order chi connectivity index (χ1) is 13.5. The number of ether oxygens (including phenoxy) is 2. The molecule has 1 fully saturated rings. The van der Waals surface area contributed by atoms with Crippen LogP contribution < -0.4 is 14.8 Å². The molecule has 1 aliphatic carbocycles. The summed E-state index contributed by atoms with van der Waals surface area (Å²) in [6, 6.07) is 5.83. The average Bonchev–Trinajstić information content (AvgIpc) is 3.31. The summed E-state index contributed by atoms with van der Waals surface area (Å²) < 4.78 is 12.7. The van der Waals surface area contributed by atoms with Gasteiger partial charge in [-0.2, -0.15) is 5.10 Å². The number of methoxy groups -OCH3 is 2. The lowest BCUT2D eigenvalue weighted by molar-refractivity contribution is -0.126. The Kier molecular flexibility index (Phi) is 6.21. The maximum atomic E-state index is 13.2. The lowest BCUT2D eigenvalue weighted by Gasteiger charge is -2.29. The Balaban J connectivity index is 1.67. The van der Waals surface area contributed by atoms with Crippen molar-refractivity contribution in [1.82, 2.24) is 20.1 Å². The van der Waals surface area contributed by atoms with Gasteiger partial charge in [0.1, 0.15) is 11.6 Å². The second-order valence-electron chi connectivity index (χ2n) is 7.40. The monoisotopic (exact) mass is 386 g/mol. The van der Waals surface area contributed by atoms with E-state index in [9.17, 15) is 4.79 Å². The number of carbonyl (C=O) groups is 1. The van der Waals surface area contributed by atoms with Crippen molar-refractivity contribution in [3.63, 3.8) is 0 Å². The second-order valence-corrected chi connectivity index (χ2v) is 7.40. The highest BCUT2D eigenvalue weighted by molar-refractivity contribution is 5.88. The largest absolute Gasteiger partial charge is 0.493 e. The van der Waals surface area contributed by atoms with Crippen LogP contribution in [0.4, 0.5) is 0 Å². The van der Waals surface area contributed by atoms with Crippen LogP contribution in [0.15, 0.2) is 18.2 Å². The van der Waals surface area contributed by atoms with Gasteiger partial charge in [0.25, 0.3) is 0 Å². The normalized spacial score (nSPS) is 15.4. The van der Waals surface area contributed by atoms with Crippen LogP contribution in [0, 0.1) is 13.8 Å². The van der Waals surface area contributed by atoms with Gasteiger partial charge in [0.05, 0.1) is 19.6 Å². The fourth-order valence-electron chi connectivity index (χ4n) is 4.13. The number of aromatic nitrogens is 3. The lowest BCUT2D eigenvalue weighted by atomic mass is 9.77. The second kappa shape index (κ2) is 8.63. The zero-order valence-corrected chi connectivity index (χ0v) is 17.2. The van der Waals surface area contributed by atoms with Crippen molar-refractivity contribution in [3.05, 3.63) is 35.4 Å². The predicted molar refractivity (Wildman–Crippen MR) is 107 cm³/mol. The molecule has 1 aliphatic rings. The van der Waals surface area contributed by atoms with Crippen molar-refractivity contribution in [2.45, 2.75) is 57.9 Å². The molecular formula is C21H30N4O3. The van der Waals surface area contributed by atoms with E-state index in [0.29, 0.717) is 18.0 Å². The molecule has 0 radical (unpaired) electrons. The third-order valence-electron chi connectivity index (χ3n) is 5.62. The van der Waals surface area contributed by atoms with Crippen molar-refractivity contribution < 1.29 is 14.3 Å². The minimum Gasteiger partial charge on any atom is -0.493 e. The molecule has 0 unspecified atom stereocenters. The molecule has 7 nitrogen and oxygen atoms in total. The molecule has 0 spiro atoms. The molecule has 1 aromatic heterocycles. The van der Waals surface area contributed by atoms with Gasteiger partial charge in [-0.1, -0.05) is 18.9 Å². The Hall–Kier alpha value is -2.57. The molecule has 152 valence electrons. The highest BCUT2D eigenvalue weighted by Gasteiger charge is 2.42. The van der Waals surface area contributed by atoms with E-state index in [1.54, 1.807) is 14.2 Å². The summed E-state index contributed by atoms with van der Waals surface area (Å²) in [4.78, 5) is 17.5. The van der Waals surface area contributed by atoms with E-state index in [1.165, 1.54) is 0 Å². The SMILES string of the molecule is COc1ccc(C2(C(=O)NCCCn3nc(C)nc3C)CCCC2)cc1OC. The van der Waals surface area contributed by atoms with Crippen LogP contribution in [-0.4, -0.2) is 41.4 Å². The molecule has 3 rings (SSSR count). The molecule has 2 aromatic rings. The molecular weight excluding hydrogens is 356 g/mol. The number of amides is 1. The van der Waals surface area contributed by atoms with Crippen LogP contribution in [0.5, 0.6) is 11.5 Å². The van der Waals surface area contributed by atoms with Crippen LogP contribution >= 0.6 is 0 Å². The van der Waals surface area contributed by atoms with Crippen molar-refractivity contribution in [3.8, 4) is 11.5 Å². The minimum absolute atomic E-state index is 0.101. The highest BCUT2D eigenvalue weighted by atomic mass is 16.5. The first-order valence-corrected chi connectivity index (χ1v) is 9.89. The van der Waals surface area contributed by atoms with E-state index in [2.05, 4.69) is 15.4 Å². The Morgan fingerprint density at radius 3 is 2.50 bits per heavy atom. The van der Waals surface area contributed by atoms with Crippen molar-refractivity contribution in [1.29, 1.82) is 0 Å². The fourth-order valence-corrected chi connectivity index (χ4v) is 4.13. The van der Waals surface area contributed by atoms with E-state index in [1.807, 2.05) is 36.7 Å². The number of aryl methyl sites for hydroxylation is 3. The van der Waals surface area contributed by atoms with Gasteiger partial charge < -0.3 is 14.8 Å². The van der Waals surface area contributed by atoms with Crippen LogP contribution in [0.25, 0.3) is 0 Å². The Labute approximate surface area is 166 Å². The summed E-state index contributed by atoms with van der Waals surface area (Å²) in [6.45, 7) is 5.20. The van der Waals surface area contributed by atoms with E-state index in [0.717, 1.165) is 55.9 Å². The molecule has 1 heterocycles. The number of nitrogens with zero attached hydrogens (tertiary/aromatic N) is 3. The zero-order chi connectivity index (χ0) is 20.1. The lowest BCUT2D eigenvalue weighted by Crippen LogP contribution is -2.43. The highest BCUT2D eigenvalue weighted by Crippen LogP contribution is 2.43. The molecule has 28 heavy (non-hydrogen) atoms. The van der Waals surface area contributed by atoms with E-state index < -0.39 is 5.41 Å². The molecule has 0 bridgehead atoms. The van der Waals surface area contributed by atoms with Gasteiger partial charge in [0.2, 0.25) is 5.91 Å². The fraction of sp³-hybridized carbons (Fsp3) is 0.571. The molecule has 1 N–H and O–H groups in total. The number of benzene rings is 1.